The van der Waals surface area contributed by atoms with Crippen molar-refractivity contribution in [2.24, 2.45) is 5.41 Å². The van der Waals surface area contributed by atoms with Crippen LogP contribution in [-0.2, 0) is 0 Å². The number of nitrogens with two attached hydrogens (primary N) is 1. The van der Waals surface area contributed by atoms with Crippen molar-refractivity contribution in [3.63, 3.8) is 0 Å². The van der Waals surface area contributed by atoms with Crippen LogP contribution in [-0.4, -0.2) is 27.7 Å². The summed E-state index contributed by atoms with van der Waals surface area (Å²) < 4.78 is 0. The monoisotopic (exact) mass is 274 g/mol. The standard InChI is InChI=1S/C15H22N4O/c1-15(2,3)12(8-9-20)18-13-10-6-4-5-7-11(10)17-14(16)19-13/h4-7,12,20H,8-9H2,1-3H3,(H3,16,17,18,19). The molecule has 0 amide bonds. The van der Waals surface area contributed by atoms with E-state index in [1.54, 1.807) is 0 Å². The Kier molecular flexibility index (Phi) is 4.09. The summed E-state index contributed by atoms with van der Waals surface area (Å²) in [7, 11) is 0. The van der Waals surface area contributed by atoms with Gasteiger partial charge in [-0.2, -0.15) is 4.98 Å². The zero-order chi connectivity index (χ0) is 14.8. The largest absolute Gasteiger partial charge is 0.396 e. The molecule has 0 aliphatic carbocycles. The number of para-hydroxylation sites is 1. The Morgan fingerprint density at radius 1 is 1.25 bits per heavy atom. The van der Waals surface area contributed by atoms with Gasteiger partial charge in [-0.25, -0.2) is 4.98 Å². The Morgan fingerprint density at radius 3 is 2.60 bits per heavy atom. The first-order valence-corrected chi connectivity index (χ1v) is 6.81. The lowest BCUT2D eigenvalue weighted by atomic mass is 9.85. The summed E-state index contributed by atoms with van der Waals surface area (Å²) in [6.45, 7) is 6.53. The molecule has 0 spiro atoms. The van der Waals surface area contributed by atoms with E-state index < -0.39 is 0 Å². The quantitative estimate of drug-likeness (QED) is 0.797. The van der Waals surface area contributed by atoms with Crippen molar-refractivity contribution in [3.8, 4) is 0 Å². The molecule has 0 fully saturated rings. The van der Waals surface area contributed by atoms with Crippen LogP contribution >= 0.6 is 0 Å². The number of aromatic nitrogens is 2. The molecule has 0 aliphatic heterocycles. The van der Waals surface area contributed by atoms with Crippen LogP contribution in [0.15, 0.2) is 24.3 Å². The highest BCUT2D eigenvalue weighted by Gasteiger charge is 2.25. The SMILES string of the molecule is CC(C)(C)C(CCO)Nc1nc(N)nc2ccccc12. The Bertz CT molecular complexity index is 592. The number of nitrogens with one attached hydrogen (secondary N) is 1. The van der Waals surface area contributed by atoms with Gasteiger partial charge in [-0.05, 0) is 24.0 Å². The highest BCUT2D eigenvalue weighted by molar-refractivity contribution is 5.89. The van der Waals surface area contributed by atoms with Crippen LogP contribution in [0.25, 0.3) is 10.9 Å². The van der Waals surface area contributed by atoms with E-state index in [-0.39, 0.29) is 24.0 Å². The fourth-order valence-corrected chi connectivity index (χ4v) is 2.22. The molecule has 1 aromatic heterocycles. The number of hydrogen-bond donors (Lipinski definition) is 3. The van der Waals surface area contributed by atoms with Crippen molar-refractivity contribution < 1.29 is 5.11 Å². The van der Waals surface area contributed by atoms with Crippen LogP contribution in [0.5, 0.6) is 0 Å². The minimum Gasteiger partial charge on any atom is -0.396 e. The summed E-state index contributed by atoms with van der Waals surface area (Å²) in [4.78, 5) is 8.54. The van der Waals surface area contributed by atoms with Crippen molar-refractivity contribution in [3.05, 3.63) is 24.3 Å². The third-order valence-corrected chi connectivity index (χ3v) is 3.39. The smallest absolute Gasteiger partial charge is 0.222 e. The molecular formula is C15H22N4O. The van der Waals surface area contributed by atoms with Crippen molar-refractivity contribution in [1.29, 1.82) is 0 Å². The lowest BCUT2D eigenvalue weighted by Gasteiger charge is -2.31. The number of anilines is 2. The molecule has 1 unspecified atom stereocenters. The van der Waals surface area contributed by atoms with E-state index in [9.17, 15) is 5.11 Å². The molecular weight excluding hydrogens is 252 g/mol. The lowest BCUT2D eigenvalue weighted by molar-refractivity contribution is 0.235. The minimum atomic E-state index is 0.00352. The predicted octanol–water partition coefficient (Wildman–Crippen LogP) is 2.42. The third-order valence-electron chi connectivity index (χ3n) is 3.39. The number of hydrogen-bond acceptors (Lipinski definition) is 5. The minimum absolute atomic E-state index is 0.00352. The highest BCUT2D eigenvalue weighted by Crippen LogP contribution is 2.28. The van der Waals surface area contributed by atoms with Gasteiger partial charge in [0.25, 0.3) is 0 Å². The molecule has 0 bridgehead atoms. The van der Waals surface area contributed by atoms with E-state index >= 15 is 0 Å². The first-order valence-electron chi connectivity index (χ1n) is 6.81. The molecule has 5 nitrogen and oxygen atoms in total. The number of aliphatic hydroxyl groups is 1. The Balaban J connectivity index is 2.41. The van der Waals surface area contributed by atoms with Gasteiger partial charge in [0.15, 0.2) is 0 Å². The molecule has 1 atom stereocenters. The van der Waals surface area contributed by atoms with Gasteiger partial charge in [0, 0.05) is 18.0 Å². The molecule has 1 heterocycles. The summed E-state index contributed by atoms with van der Waals surface area (Å²) in [6.07, 6.45) is 0.654. The van der Waals surface area contributed by atoms with Crippen LogP contribution in [0.4, 0.5) is 11.8 Å². The summed E-state index contributed by atoms with van der Waals surface area (Å²) in [5.41, 5.74) is 6.59. The topological polar surface area (TPSA) is 84.1 Å². The predicted molar refractivity (Wildman–Crippen MR) is 82.5 cm³/mol. The zero-order valence-corrected chi connectivity index (χ0v) is 12.2. The molecule has 0 radical (unpaired) electrons. The molecule has 0 aliphatic rings. The second kappa shape index (κ2) is 5.63. The van der Waals surface area contributed by atoms with Gasteiger partial charge in [-0.1, -0.05) is 32.9 Å². The van der Waals surface area contributed by atoms with Crippen LogP contribution in [0.1, 0.15) is 27.2 Å². The van der Waals surface area contributed by atoms with Gasteiger partial charge in [-0.3, -0.25) is 0 Å². The first kappa shape index (κ1) is 14.5. The van der Waals surface area contributed by atoms with E-state index in [0.717, 1.165) is 16.7 Å². The van der Waals surface area contributed by atoms with E-state index in [1.807, 2.05) is 24.3 Å². The molecule has 0 saturated heterocycles. The molecule has 4 N–H and O–H groups in total. The second-order valence-electron chi connectivity index (χ2n) is 6.02. The number of rotatable bonds is 4. The fourth-order valence-electron chi connectivity index (χ4n) is 2.22. The van der Waals surface area contributed by atoms with E-state index in [1.165, 1.54) is 0 Å². The van der Waals surface area contributed by atoms with Crippen LogP contribution in [0, 0.1) is 5.41 Å². The number of aliphatic hydroxyl groups excluding tert-OH is 1. The Hall–Kier alpha value is -1.88. The van der Waals surface area contributed by atoms with E-state index in [4.69, 9.17) is 5.73 Å². The van der Waals surface area contributed by atoms with Gasteiger partial charge in [0.1, 0.15) is 5.82 Å². The molecule has 2 rings (SSSR count). The Morgan fingerprint density at radius 2 is 1.95 bits per heavy atom. The second-order valence-corrected chi connectivity index (χ2v) is 6.02. The lowest BCUT2D eigenvalue weighted by Crippen LogP contribution is -2.35. The molecule has 0 saturated carbocycles. The molecule has 5 heteroatoms. The molecule has 108 valence electrons. The number of nitrogen functional groups attached to an aromatic ring is 1. The maximum atomic E-state index is 9.25. The van der Waals surface area contributed by atoms with Crippen LogP contribution in [0.2, 0.25) is 0 Å². The summed E-state index contributed by atoms with van der Waals surface area (Å²) in [6, 6.07) is 7.86. The number of fused-ring (bicyclic) bond motifs is 1. The van der Waals surface area contributed by atoms with Crippen LogP contribution in [0.3, 0.4) is 0 Å². The van der Waals surface area contributed by atoms with Gasteiger partial charge in [0.2, 0.25) is 5.95 Å². The molecule has 2 aromatic rings. The van der Waals surface area contributed by atoms with Gasteiger partial charge in [-0.15, -0.1) is 0 Å². The average molecular weight is 274 g/mol. The van der Waals surface area contributed by atoms with Crippen molar-refractivity contribution in [1.82, 2.24) is 9.97 Å². The van der Waals surface area contributed by atoms with Crippen LogP contribution < -0.4 is 11.1 Å². The molecule has 1 aromatic carbocycles. The first-order chi connectivity index (χ1) is 9.41. The highest BCUT2D eigenvalue weighted by atomic mass is 16.3. The number of benzene rings is 1. The third kappa shape index (κ3) is 3.17. The Labute approximate surface area is 119 Å². The van der Waals surface area contributed by atoms with E-state index in [2.05, 4.69) is 36.1 Å². The van der Waals surface area contributed by atoms with Crippen molar-refractivity contribution in [2.45, 2.75) is 33.2 Å². The van der Waals surface area contributed by atoms with Gasteiger partial charge in [0.05, 0.1) is 5.52 Å². The molecule has 20 heavy (non-hydrogen) atoms. The summed E-state index contributed by atoms with van der Waals surface area (Å²) in [5.74, 6) is 0.976. The van der Waals surface area contributed by atoms with Crippen molar-refractivity contribution in [2.75, 3.05) is 17.7 Å². The summed E-state index contributed by atoms with van der Waals surface area (Å²) >= 11 is 0. The fraction of sp³-hybridized carbons (Fsp3) is 0.467. The van der Waals surface area contributed by atoms with Crippen molar-refractivity contribution >= 4 is 22.7 Å². The zero-order valence-electron chi connectivity index (χ0n) is 12.2. The van der Waals surface area contributed by atoms with Gasteiger partial charge >= 0.3 is 0 Å². The van der Waals surface area contributed by atoms with E-state index in [0.29, 0.717) is 6.42 Å². The maximum Gasteiger partial charge on any atom is 0.222 e. The normalized spacial score (nSPS) is 13.4. The maximum absolute atomic E-state index is 9.25. The van der Waals surface area contributed by atoms with Gasteiger partial charge < -0.3 is 16.2 Å². The summed E-state index contributed by atoms with van der Waals surface area (Å²) in [5, 5.41) is 13.6. The number of nitrogens with zero attached hydrogens (tertiary/aromatic N) is 2. The average Bonchev–Trinajstić information content (AvgIpc) is 2.37.